The number of hydrogen-bond donors (Lipinski definition) is 1. The summed E-state index contributed by atoms with van der Waals surface area (Å²) >= 11 is 0. The van der Waals surface area contributed by atoms with Crippen LogP contribution in [0.3, 0.4) is 0 Å². The van der Waals surface area contributed by atoms with E-state index in [-0.39, 0.29) is 0 Å². The van der Waals surface area contributed by atoms with Crippen molar-refractivity contribution in [2.45, 2.75) is 25.5 Å². The molecule has 17 heavy (non-hydrogen) atoms. The van der Waals surface area contributed by atoms with Gasteiger partial charge in [0.15, 0.2) is 0 Å². The smallest absolute Gasteiger partial charge is 0.128 e. The van der Waals surface area contributed by atoms with Crippen molar-refractivity contribution < 1.29 is 5.11 Å². The van der Waals surface area contributed by atoms with Crippen molar-refractivity contribution >= 4 is 5.82 Å². The second-order valence-corrected chi connectivity index (χ2v) is 4.98. The van der Waals surface area contributed by atoms with Gasteiger partial charge < -0.3 is 14.9 Å². The van der Waals surface area contributed by atoms with Gasteiger partial charge in [-0.25, -0.2) is 4.98 Å². The van der Waals surface area contributed by atoms with Crippen LogP contribution in [0.25, 0.3) is 0 Å². The predicted molar refractivity (Wildman–Crippen MR) is 69.2 cm³/mol. The molecule has 94 valence electrons. The number of aliphatic hydroxyl groups excluding tert-OH is 1. The Morgan fingerprint density at radius 1 is 1.53 bits per heavy atom. The lowest BCUT2D eigenvalue weighted by Crippen LogP contribution is -2.31. The Morgan fingerprint density at radius 3 is 2.88 bits per heavy atom. The number of nitrogens with zero attached hydrogens (tertiary/aromatic N) is 3. The van der Waals surface area contributed by atoms with Gasteiger partial charge in [-0.05, 0) is 45.1 Å². The van der Waals surface area contributed by atoms with Gasteiger partial charge in [-0.15, -0.1) is 0 Å². The predicted octanol–water partition coefficient (Wildman–Crippen LogP) is 1.28. The fourth-order valence-corrected chi connectivity index (χ4v) is 2.24. The highest BCUT2D eigenvalue weighted by molar-refractivity contribution is 5.43. The van der Waals surface area contributed by atoms with Crippen LogP contribution in [0.2, 0.25) is 0 Å². The number of aliphatic hydroxyl groups is 1. The highest BCUT2D eigenvalue weighted by Crippen LogP contribution is 2.22. The van der Waals surface area contributed by atoms with Crippen molar-refractivity contribution in [1.29, 1.82) is 0 Å². The minimum atomic E-state index is -0.427. The molecule has 2 heterocycles. The van der Waals surface area contributed by atoms with Gasteiger partial charge in [0.2, 0.25) is 0 Å². The quantitative estimate of drug-likeness (QED) is 0.856. The van der Waals surface area contributed by atoms with E-state index in [4.69, 9.17) is 0 Å². The van der Waals surface area contributed by atoms with Gasteiger partial charge in [0.25, 0.3) is 0 Å². The monoisotopic (exact) mass is 235 g/mol. The third kappa shape index (κ3) is 2.76. The summed E-state index contributed by atoms with van der Waals surface area (Å²) in [5.74, 6) is 0.979. The first-order valence-corrected chi connectivity index (χ1v) is 6.13. The van der Waals surface area contributed by atoms with E-state index in [9.17, 15) is 5.11 Å². The molecular weight excluding hydrogens is 214 g/mol. The Labute approximate surface area is 103 Å². The molecule has 0 aromatic carbocycles. The van der Waals surface area contributed by atoms with Crippen molar-refractivity contribution in [3.63, 3.8) is 0 Å². The number of pyridine rings is 1. The third-order valence-corrected chi connectivity index (χ3v) is 3.47. The zero-order valence-electron chi connectivity index (χ0n) is 10.8. The summed E-state index contributed by atoms with van der Waals surface area (Å²) in [4.78, 5) is 8.94. The summed E-state index contributed by atoms with van der Waals surface area (Å²) in [7, 11) is 4.24. The van der Waals surface area contributed by atoms with Gasteiger partial charge in [0.1, 0.15) is 5.82 Å². The molecule has 1 aliphatic rings. The Hall–Kier alpha value is -1.13. The first-order chi connectivity index (χ1) is 8.08. The molecule has 0 saturated carbocycles. The Morgan fingerprint density at radius 2 is 2.29 bits per heavy atom. The second kappa shape index (κ2) is 5.02. The molecular formula is C13H21N3O. The highest BCUT2D eigenvalue weighted by atomic mass is 16.3. The van der Waals surface area contributed by atoms with Gasteiger partial charge in [0.05, 0.1) is 6.10 Å². The highest BCUT2D eigenvalue weighted by Gasteiger charge is 2.24. The van der Waals surface area contributed by atoms with Crippen LogP contribution in [0.4, 0.5) is 5.82 Å². The van der Waals surface area contributed by atoms with Gasteiger partial charge >= 0.3 is 0 Å². The summed E-state index contributed by atoms with van der Waals surface area (Å²) in [5.41, 5.74) is 0.934. The molecule has 2 atom stereocenters. The SMILES string of the molecule is C[C@@H](O)c1ccnc(N2CCC(N(C)C)C2)c1. The van der Waals surface area contributed by atoms with Gasteiger partial charge in [-0.2, -0.15) is 0 Å². The molecule has 0 radical (unpaired) electrons. The Kier molecular flexibility index (Phi) is 3.64. The fraction of sp³-hybridized carbons (Fsp3) is 0.615. The molecule has 1 saturated heterocycles. The molecule has 1 N–H and O–H groups in total. The Balaban J connectivity index is 2.11. The van der Waals surface area contributed by atoms with E-state index >= 15 is 0 Å². The lowest BCUT2D eigenvalue weighted by Gasteiger charge is -2.21. The maximum Gasteiger partial charge on any atom is 0.128 e. The third-order valence-electron chi connectivity index (χ3n) is 3.47. The Bertz CT molecular complexity index is 379. The molecule has 0 spiro atoms. The molecule has 4 nitrogen and oxygen atoms in total. The molecule has 4 heteroatoms. The fourth-order valence-electron chi connectivity index (χ4n) is 2.24. The minimum Gasteiger partial charge on any atom is -0.389 e. The standard InChI is InChI=1S/C13H21N3O/c1-10(17)11-4-6-14-13(8-11)16-7-5-12(9-16)15(2)3/h4,6,8,10,12,17H,5,7,9H2,1-3H3/t10-,12?/m1/s1. The van der Waals surface area contributed by atoms with Crippen LogP contribution < -0.4 is 4.90 Å². The average Bonchev–Trinajstić information content (AvgIpc) is 2.78. The van der Waals surface area contributed by atoms with Crippen LogP contribution in [-0.2, 0) is 0 Å². The normalized spacial score (nSPS) is 22.2. The summed E-state index contributed by atoms with van der Waals surface area (Å²) in [6, 6.07) is 4.46. The number of anilines is 1. The van der Waals surface area contributed by atoms with Crippen molar-refractivity contribution in [2.75, 3.05) is 32.1 Å². The number of aromatic nitrogens is 1. The van der Waals surface area contributed by atoms with Crippen molar-refractivity contribution in [2.24, 2.45) is 0 Å². The van der Waals surface area contributed by atoms with E-state index in [2.05, 4.69) is 28.9 Å². The summed E-state index contributed by atoms with van der Waals surface area (Å²) in [6.07, 6.45) is 2.53. The van der Waals surface area contributed by atoms with E-state index in [0.29, 0.717) is 6.04 Å². The van der Waals surface area contributed by atoms with E-state index in [1.165, 1.54) is 6.42 Å². The number of hydrogen-bond acceptors (Lipinski definition) is 4. The van der Waals surface area contributed by atoms with Crippen LogP contribution in [0.1, 0.15) is 25.0 Å². The van der Waals surface area contributed by atoms with Crippen LogP contribution in [0, 0.1) is 0 Å². The lowest BCUT2D eigenvalue weighted by molar-refractivity contribution is 0.199. The lowest BCUT2D eigenvalue weighted by atomic mass is 10.2. The van der Waals surface area contributed by atoms with Crippen LogP contribution in [0.15, 0.2) is 18.3 Å². The summed E-state index contributed by atoms with van der Waals surface area (Å²) in [5, 5.41) is 9.58. The largest absolute Gasteiger partial charge is 0.389 e. The maximum atomic E-state index is 9.58. The van der Waals surface area contributed by atoms with E-state index < -0.39 is 6.10 Å². The van der Waals surface area contributed by atoms with Crippen molar-refractivity contribution in [1.82, 2.24) is 9.88 Å². The van der Waals surface area contributed by atoms with Gasteiger partial charge in [-0.3, -0.25) is 0 Å². The molecule has 1 aromatic rings. The molecule has 0 aliphatic carbocycles. The van der Waals surface area contributed by atoms with Crippen molar-refractivity contribution in [3.8, 4) is 0 Å². The second-order valence-electron chi connectivity index (χ2n) is 4.98. The molecule has 1 unspecified atom stereocenters. The van der Waals surface area contributed by atoms with Gasteiger partial charge in [0, 0.05) is 25.3 Å². The molecule has 1 aliphatic heterocycles. The zero-order valence-corrected chi connectivity index (χ0v) is 10.8. The first kappa shape index (κ1) is 12.3. The van der Waals surface area contributed by atoms with Gasteiger partial charge in [-0.1, -0.05) is 0 Å². The van der Waals surface area contributed by atoms with Crippen LogP contribution >= 0.6 is 0 Å². The number of rotatable bonds is 3. The molecule has 1 aromatic heterocycles. The molecule has 0 bridgehead atoms. The van der Waals surface area contributed by atoms with E-state index in [0.717, 1.165) is 24.5 Å². The van der Waals surface area contributed by atoms with Crippen LogP contribution in [0.5, 0.6) is 0 Å². The van der Waals surface area contributed by atoms with Crippen molar-refractivity contribution in [3.05, 3.63) is 23.9 Å². The average molecular weight is 235 g/mol. The van der Waals surface area contributed by atoms with E-state index in [1.54, 1.807) is 13.1 Å². The molecule has 0 amide bonds. The van der Waals surface area contributed by atoms with E-state index in [1.807, 2.05) is 12.1 Å². The summed E-state index contributed by atoms with van der Waals surface area (Å²) in [6.45, 7) is 3.84. The summed E-state index contributed by atoms with van der Waals surface area (Å²) < 4.78 is 0. The zero-order chi connectivity index (χ0) is 12.4. The molecule has 2 rings (SSSR count). The minimum absolute atomic E-state index is 0.427. The first-order valence-electron chi connectivity index (χ1n) is 6.13. The topological polar surface area (TPSA) is 39.6 Å². The maximum absolute atomic E-state index is 9.58. The van der Waals surface area contributed by atoms with Crippen LogP contribution in [-0.4, -0.2) is 48.2 Å². The number of likely N-dealkylation sites (N-methyl/N-ethyl adjacent to an activating group) is 1. The molecule has 1 fully saturated rings.